The molecule has 144 valence electrons. The van der Waals surface area contributed by atoms with E-state index in [1.54, 1.807) is 31.2 Å². The zero-order chi connectivity index (χ0) is 19.2. The van der Waals surface area contributed by atoms with Gasteiger partial charge in [-0.2, -0.15) is 0 Å². The molecule has 1 aromatic rings. The van der Waals surface area contributed by atoms with Crippen LogP contribution >= 0.6 is 11.6 Å². The highest BCUT2D eigenvalue weighted by Crippen LogP contribution is 2.15. The van der Waals surface area contributed by atoms with Gasteiger partial charge >= 0.3 is 0 Å². The molecule has 1 fully saturated rings. The van der Waals surface area contributed by atoms with Gasteiger partial charge in [0.15, 0.2) is 9.84 Å². The molecule has 0 radical (unpaired) electrons. The fourth-order valence-electron chi connectivity index (χ4n) is 2.68. The second-order valence-electron chi connectivity index (χ2n) is 6.13. The molecule has 0 bridgehead atoms. The molecule has 1 aliphatic heterocycles. The first-order chi connectivity index (χ1) is 12.3. The first-order valence-electron chi connectivity index (χ1n) is 8.45. The van der Waals surface area contributed by atoms with Crippen molar-refractivity contribution in [1.29, 1.82) is 0 Å². The van der Waals surface area contributed by atoms with E-state index < -0.39 is 9.84 Å². The number of sulfone groups is 1. The van der Waals surface area contributed by atoms with E-state index in [1.807, 2.05) is 0 Å². The molecular formula is C17H23ClN2O5S. The van der Waals surface area contributed by atoms with Crippen LogP contribution in [-0.4, -0.2) is 62.4 Å². The molecule has 1 aromatic carbocycles. The molecule has 0 saturated carbocycles. The Hall–Kier alpha value is -1.80. The summed E-state index contributed by atoms with van der Waals surface area (Å²) < 4.78 is 28.3. The maximum Gasteiger partial charge on any atom is 0.239 e. The average Bonchev–Trinajstić information content (AvgIpc) is 2.92. The summed E-state index contributed by atoms with van der Waals surface area (Å²) in [6, 6.07) is 6.46. The third kappa shape index (κ3) is 6.49. The molecule has 7 nitrogen and oxygen atoms in total. The number of likely N-dealkylation sites (N-methyl/N-ethyl adjacent to an activating group) is 1. The van der Waals surface area contributed by atoms with Gasteiger partial charge in [0.1, 0.15) is 5.75 Å². The second kappa shape index (κ2) is 9.23. The highest BCUT2D eigenvalue weighted by Gasteiger charge is 2.29. The molecule has 0 spiro atoms. The molecule has 1 unspecified atom stereocenters. The Morgan fingerprint density at radius 1 is 1.31 bits per heavy atom. The molecule has 0 aliphatic carbocycles. The lowest BCUT2D eigenvalue weighted by Gasteiger charge is -2.21. The van der Waals surface area contributed by atoms with Gasteiger partial charge in [-0.25, -0.2) is 8.42 Å². The van der Waals surface area contributed by atoms with E-state index in [4.69, 9.17) is 16.3 Å². The van der Waals surface area contributed by atoms with Crippen LogP contribution in [0.2, 0.25) is 5.02 Å². The van der Waals surface area contributed by atoms with Gasteiger partial charge in [0.25, 0.3) is 0 Å². The van der Waals surface area contributed by atoms with Gasteiger partial charge in [-0.15, -0.1) is 0 Å². The Labute approximate surface area is 158 Å². The molecular weight excluding hydrogens is 380 g/mol. The Kier molecular flexibility index (Phi) is 7.28. The molecule has 1 N–H and O–H groups in total. The van der Waals surface area contributed by atoms with Crippen LogP contribution in [0.25, 0.3) is 0 Å². The number of nitrogens with one attached hydrogen (secondary N) is 1. The Morgan fingerprint density at radius 3 is 2.58 bits per heavy atom. The maximum atomic E-state index is 12.2. The fraction of sp³-hybridized carbons (Fsp3) is 0.529. The predicted octanol–water partition coefficient (Wildman–Crippen LogP) is 1.26. The topological polar surface area (TPSA) is 92.8 Å². The van der Waals surface area contributed by atoms with Crippen molar-refractivity contribution in [1.82, 2.24) is 10.2 Å². The maximum absolute atomic E-state index is 12.2. The van der Waals surface area contributed by atoms with Crippen LogP contribution in [0.4, 0.5) is 0 Å². The quantitative estimate of drug-likeness (QED) is 0.706. The third-order valence-electron chi connectivity index (χ3n) is 4.06. The highest BCUT2D eigenvalue weighted by molar-refractivity contribution is 7.91. The summed E-state index contributed by atoms with van der Waals surface area (Å²) in [4.78, 5) is 25.7. The zero-order valence-corrected chi connectivity index (χ0v) is 16.2. The monoisotopic (exact) mass is 402 g/mol. The molecule has 2 rings (SSSR count). The molecule has 9 heteroatoms. The van der Waals surface area contributed by atoms with Crippen LogP contribution in [0.5, 0.6) is 5.75 Å². The number of halogens is 1. The number of carbonyl (C=O) groups excluding carboxylic acids is 2. The summed E-state index contributed by atoms with van der Waals surface area (Å²) >= 11 is 5.79. The number of ether oxygens (including phenoxy) is 1. The van der Waals surface area contributed by atoms with E-state index in [9.17, 15) is 18.0 Å². The molecule has 26 heavy (non-hydrogen) atoms. The summed E-state index contributed by atoms with van der Waals surface area (Å²) in [6.07, 6.45) is 0.560. The van der Waals surface area contributed by atoms with E-state index in [2.05, 4.69) is 5.32 Å². The minimum atomic E-state index is -3.05. The van der Waals surface area contributed by atoms with Gasteiger partial charge in [0.05, 0.1) is 31.1 Å². The van der Waals surface area contributed by atoms with Crippen LogP contribution in [0.3, 0.4) is 0 Å². The third-order valence-corrected chi connectivity index (χ3v) is 6.08. The molecule has 1 heterocycles. The zero-order valence-electron chi connectivity index (χ0n) is 14.6. The van der Waals surface area contributed by atoms with Crippen molar-refractivity contribution in [2.75, 3.05) is 31.2 Å². The summed E-state index contributed by atoms with van der Waals surface area (Å²) in [5.41, 5.74) is 0. The highest BCUT2D eigenvalue weighted by atomic mass is 35.5. The first-order valence-corrected chi connectivity index (χ1v) is 10.6. The first kappa shape index (κ1) is 20.5. The lowest BCUT2D eigenvalue weighted by Crippen LogP contribution is -2.44. The molecule has 1 aliphatic rings. The van der Waals surface area contributed by atoms with Gasteiger partial charge in [0, 0.05) is 17.6 Å². The van der Waals surface area contributed by atoms with Crippen LogP contribution in [0.15, 0.2) is 24.3 Å². The fourth-order valence-corrected chi connectivity index (χ4v) is 4.48. The van der Waals surface area contributed by atoms with Gasteiger partial charge in [0.2, 0.25) is 11.8 Å². The lowest BCUT2D eigenvalue weighted by molar-refractivity contribution is -0.136. The number of hydrogen-bond acceptors (Lipinski definition) is 5. The van der Waals surface area contributed by atoms with Crippen LogP contribution < -0.4 is 10.1 Å². The van der Waals surface area contributed by atoms with E-state index in [0.717, 1.165) is 0 Å². The number of carbonyl (C=O) groups is 2. The minimum absolute atomic E-state index is 0.0340. The van der Waals surface area contributed by atoms with E-state index in [-0.39, 0.29) is 48.9 Å². The average molecular weight is 403 g/mol. The molecule has 0 aromatic heterocycles. The minimum Gasteiger partial charge on any atom is -0.493 e. The molecule has 1 saturated heterocycles. The van der Waals surface area contributed by atoms with Crippen molar-refractivity contribution in [3.8, 4) is 5.75 Å². The van der Waals surface area contributed by atoms with E-state index >= 15 is 0 Å². The number of rotatable bonds is 8. The van der Waals surface area contributed by atoms with Crippen molar-refractivity contribution in [3.05, 3.63) is 29.3 Å². The van der Waals surface area contributed by atoms with Crippen molar-refractivity contribution in [2.45, 2.75) is 25.8 Å². The SMILES string of the molecule is CCN(CC(=O)NC1CCS(=O)(=O)C1)C(=O)CCOc1ccc(Cl)cc1. The number of benzene rings is 1. The van der Waals surface area contributed by atoms with Crippen LogP contribution in [0, 0.1) is 0 Å². The van der Waals surface area contributed by atoms with Gasteiger partial charge in [-0.3, -0.25) is 9.59 Å². The number of nitrogens with zero attached hydrogens (tertiary/aromatic N) is 1. The van der Waals surface area contributed by atoms with Crippen LogP contribution in [0.1, 0.15) is 19.8 Å². The molecule has 1 atom stereocenters. The Morgan fingerprint density at radius 2 is 2.00 bits per heavy atom. The van der Waals surface area contributed by atoms with Gasteiger partial charge < -0.3 is 15.0 Å². The van der Waals surface area contributed by atoms with E-state index in [0.29, 0.717) is 23.7 Å². The van der Waals surface area contributed by atoms with Crippen LogP contribution in [-0.2, 0) is 19.4 Å². The van der Waals surface area contributed by atoms with Crippen molar-refractivity contribution in [2.24, 2.45) is 0 Å². The standard InChI is InChI=1S/C17H23ClN2O5S/c1-2-20(11-16(21)19-14-8-10-26(23,24)12-14)17(22)7-9-25-15-5-3-13(18)4-6-15/h3-6,14H,2,7-12H2,1H3,(H,19,21). The summed E-state index contributed by atoms with van der Waals surface area (Å²) in [6.45, 7) is 2.27. The normalized spacial score (nSPS) is 18.3. The summed E-state index contributed by atoms with van der Waals surface area (Å²) in [7, 11) is -3.05. The lowest BCUT2D eigenvalue weighted by atomic mass is 10.2. The van der Waals surface area contributed by atoms with Crippen molar-refractivity contribution in [3.63, 3.8) is 0 Å². The number of amides is 2. The number of hydrogen-bond donors (Lipinski definition) is 1. The second-order valence-corrected chi connectivity index (χ2v) is 8.79. The molecule has 2 amide bonds. The van der Waals surface area contributed by atoms with Crippen molar-refractivity contribution >= 4 is 33.3 Å². The van der Waals surface area contributed by atoms with E-state index in [1.165, 1.54) is 4.90 Å². The Balaban J connectivity index is 1.75. The summed E-state index contributed by atoms with van der Waals surface area (Å²) in [5.74, 6) is 0.131. The largest absolute Gasteiger partial charge is 0.493 e. The Bertz CT molecular complexity index is 736. The smallest absolute Gasteiger partial charge is 0.239 e. The van der Waals surface area contributed by atoms with Crippen molar-refractivity contribution < 1.29 is 22.7 Å². The van der Waals surface area contributed by atoms with Gasteiger partial charge in [-0.1, -0.05) is 11.6 Å². The summed E-state index contributed by atoms with van der Waals surface area (Å²) in [5, 5.41) is 3.29. The predicted molar refractivity (Wildman–Crippen MR) is 99.0 cm³/mol. The van der Waals surface area contributed by atoms with Gasteiger partial charge in [-0.05, 0) is 37.6 Å².